The van der Waals surface area contributed by atoms with Gasteiger partial charge < -0.3 is 9.66 Å². The molecule has 5 heteroatoms. The second-order valence-electron chi connectivity index (χ2n) is 2.30. The molecule has 0 aliphatic carbocycles. The van der Waals surface area contributed by atoms with Gasteiger partial charge in [-0.25, -0.2) is 0 Å². The number of hydrogen-bond acceptors (Lipinski definition) is 3. The summed E-state index contributed by atoms with van der Waals surface area (Å²) in [5.74, 6) is -0.187. The van der Waals surface area contributed by atoms with Crippen molar-refractivity contribution in [3.05, 3.63) is 0 Å². The Kier molecular flexibility index (Phi) is 11.1. The molecule has 0 aromatic carbocycles. The third kappa shape index (κ3) is 15.9. The quantitative estimate of drug-likeness (QED) is 0.434. The zero-order chi connectivity index (χ0) is 6.78. The van der Waals surface area contributed by atoms with Crippen molar-refractivity contribution in [1.82, 2.24) is 0 Å². The standard InChI is InChI=1S/C5H12O2S.Na.H2O/c1-5(6)7-8(2,3)4;;/h1-4H3;;1H2/q;+1;/p-1. The molecular formula is C5H13NaO3S. The average Bonchev–Trinajstić information content (AvgIpc) is 1.21. The summed E-state index contributed by atoms with van der Waals surface area (Å²) in [5.41, 5.74) is 0. The summed E-state index contributed by atoms with van der Waals surface area (Å²) in [6.45, 7) is 1.43. The summed E-state index contributed by atoms with van der Waals surface area (Å²) in [6, 6.07) is 0. The van der Waals surface area contributed by atoms with Crippen LogP contribution in [-0.2, 0) is 8.98 Å². The molecule has 0 unspecified atom stereocenters. The summed E-state index contributed by atoms with van der Waals surface area (Å²) in [6.07, 6.45) is 5.78. The SMILES string of the molecule is CC(=O)OS(C)(C)C.[Na+].[OH-]. The van der Waals surface area contributed by atoms with Crippen molar-refractivity contribution in [3.8, 4) is 0 Å². The summed E-state index contributed by atoms with van der Waals surface area (Å²) in [4.78, 5) is 10.3. The van der Waals surface area contributed by atoms with E-state index in [0.29, 0.717) is 0 Å². The molecule has 0 aliphatic heterocycles. The molecule has 0 rings (SSSR count). The summed E-state index contributed by atoms with van der Waals surface area (Å²) < 4.78 is 4.88. The van der Waals surface area contributed by atoms with Gasteiger partial charge in [0.2, 0.25) is 0 Å². The van der Waals surface area contributed by atoms with Gasteiger partial charge in [0.05, 0.1) is 0 Å². The molecule has 3 nitrogen and oxygen atoms in total. The van der Waals surface area contributed by atoms with Crippen LogP contribution in [0.3, 0.4) is 0 Å². The van der Waals surface area contributed by atoms with E-state index in [1.54, 1.807) is 0 Å². The van der Waals surface area contributed by atoms with Gasteiger partial charge in [0.1, 0.15) is 0 Å². The van der Waals surface area contributed by atoms with E-state index in [1.807, 2.05) is 18.8 Å². The van der Waals surface area contributed by atoms with E-state index in [9.17, 15) is 4.79 Å². The molecule has 0 radical (unpaired) electrons. The Balaban J connectivity index is -0.000000245. The Morgan fingerprint density at radius 2 is 1.60 bits per heavy atom. The van der Waals surface area contributed by atoms with Crippen LogP contribution in [0.2, 0.25) is 0 Å². The molecular weight excluding hydrogens is 163 g/mol. The number of hydrogen-bond donors (Lipinski definition) is 0. The number of carbonyl (C=O) groups is 1. The van der Waals surface area contributed by atoms with Crippen molar-refractivity contribution >= 4 is 16.3 Å². The second-order valence-corrected chi connectivity index (χ2v) is 5.92. The fraction of sp³-hybridized carbons (Fsp3) is 0.800. The molecule has 0 fully saturated rings. The first-order valence-corrected chi connectivity index (χ1v) is 5.08. The second kappa shape index (κ2) is 6.49. The van der Waals surface area contributed by atoms with Gasteiger partial charge in [-0.05, 0) is 18.8 Å². The van der Waals surface area contributed by atoms with Crippen LogP contribution in [0, 0.1) is 0 Å². The predicted octanol–water partition coefficient (Wildman–Crippen LogP) is -2.01. The molecule has 58 valence electrons. The monoisotopic (exact) mass is 176 g/mol. The van der Waals surface area contributed by atoms with Gasteiger partial charge in [-0.3, -0.25) is 4.79 Å². The van der Waals surface area contributed by atoms with Crippen molar-refractivity contribution in [3.63, 3.8) is 0 Å². The van der Waals surface area contributed by atoms with Crippen LogP contribution >= 0.6 is 10.3 Å². The Morgan fingerprint density at radius 1 is 1.30 bits per heavy atom. The minimum Gasteiger partial charge on any atom is -0.870 e. The Labute approximate surface area is 85.6 Å². The normalized spacial score (nSPS) is 10.4. The van der Waals surface area contributed by atoms with Crippen LogP contribution in [0.15, 0.2) is 0 Å². The van der Waals surface area contributed by atoms with Gasteiger partial charge in [-0.15, -0.1) is 0 Å². The molecule has 0 saturated carbocycles. The topological polar surface area (TPSA) is 56.3 Å². The maximum absolute atomic E-state index is 10.3. The van der Waals surface area contributed by atoms with Crippen molar-refractivity contribution in [2.24, 2.45) is 0 Å². The van der Waals surface area contributed by atoms with Crippen LogP contribution in [0.4, 0.5) is 0 Å². The molecule has 0 bridgehead atoms. The van der Waals surface area contributed by atoms with Gasteiger partial charge in [0.25, 0.3) is 0 Å². The Morgan fingerprint density at radius 3 is 1.60 bits per heavy atom. The van der Waals surface area contributed by atoms with Gasteiger partial charge in [-0.2, -0.15) is 0 Å². The van der Waals surface area contributed by atoms with E-state index in [2.05, 4.69) is 0 Å². The third-order valence-corrected chi connectivity index (χ3v) is 1.10. The van der Waals surface area contributed by atoms with E-state index < -0.39 is 10.3 Å². The molecule has 0 heterocycles. The van der Waals surface area contributed by atoms with Crippen LogP contribution in [0.25, 0.3) is 0 Å². The molecule has 0 amide bonds. The van der Waals surface area contributed by atoms with Gasteiger partial charge in [0.15, 0.2) is 0 Å². The van der Waals surface area contributed by atoms with E-state index in [4.69, 9.17) is 4.18 Å². The zero-order valence-electron chi connectivity index (χ0n) is 7.17. The predicted molar refractivity (Wildman–Crippen MR) is 39.1 cm³/mol. The van der Waals surface area contributed by atoms with Gasteiger partial charge in [-0.1, -0.05) is 10.3 Å². The van der Waals surface area contributed by atoms with Crippen molar-refractivity contribution in [1.29, 1.82) is 0 Å². The smallest absolute Gasteiger partial charge is 0.870 e. The van der Waals surface area contributed by atoms with E-state index in [1.165, 1.54) is 6.92 Å². The van der Waals surface area contributed by atoms with Crippen LogP contribution < -0.4 is 29.6 Å². The molecule has 10 heavy (non-hydrogen) atoms. The largest absolute Gasteiger partial charge is 1.00 e. The van der Waals surface area contributed by atoms with E-state index in [-0.39, 0.29) is 41.0 Å². The Hall–Kier alpha value is 0.780. The molecule has 1 N–H and O–H groups in total. The molecule has 0 aromatic rings. The minimum atomic E-state index is -1.07. The Bertz CT molecular complexity index is 99.6. The van der Waals surface area contributed by atoms with E-state index in [0.717, 1.165) is 0 Å². The average molecular weight is 176 g/mol. The zero-order valence-corrected chi connectivity index (χ0v) is 9.99. The van der Waals surface area contributed by atoms with Crippen molar-refractivity contribution in [2.45, 2.75) is 6.92 Å². The number of rotatable bonds is 1. The first-order chi connectivity index (χ1) is 3.42. The molecule has 0 aromatic heterocycles. The van der Waals surface area contributed by atoms with Crippen molar-refractivity contribution < 1.29 is 44.0 Å². The first-order valence-electron chi connectivity index (χ1n) is 2.30. The summed E-state index contributed by atoms with van der Waals surface area (Å²) in [7, 11) is -1.07. The maximum Gasteiger partial charge on any atom is 1.00 e. The molecule has 0 aliphatic rings. The fourth-order valence-corrected chi connectivity index (χ4v) is 1.06. The van der Waals surface area contributed by atoms with E-state index >= 15 is 0 Å². The van der Waals surface area contributed by atoms with Gasteiger partial charge in [0, 0.05) is 6.92 Å². The third-order valence-electron chi connectivity index (χ3n) is 0.367. The summed E-state index contributed by atoms with van der Waals surface area (Å²) in [5, 5.41) is 0. The summed E-state index contributed by atoms with van der Waals surface area (Å²) >= 11 is 0. The van der Waals surface area contributed by atoms with Crippen LogP contribution in [0.1, 0.15) is 6.92 Å². The maximum atomic E-state index is 10.3. The minimum absolute atomic E-state index is 0. The van der Waals surface area contributed by atoms with Gasteiger partial charge >= 0.3 is 35.5 Å². The van der Waals surface area contributed by atoms with Crippen molar-refractivity contribution in [2.75, 3.05) is 18.8 Å². The van der Waals surface area contributed by atoms with Crippen LogP contribution in [-0.4, -0.2) is 30.2 Å². The fourth-order valence-electron chi connectivity index (χ4n) is 0.352. The first kappa shape index (κ1) is 17.0. The molecule has 0 spiro atoms. The molecule has 0 saturated heterocycles. The number of carbonyl (C=O) groups excluding carboxylic acids is 1. The van der Waals surface area contributed by atoms with Crippen LogP contribution in [0.5, 0.6) is 0 Å². The molecule has 0 atom stereocenters.